The lowest BCUT2D eigenvalue weighted by Gasteiger charge is -2.14. The molecule has 1 atom stereocenters. The molecule has 2 aromatic heterocycles. The molecule has 0 bridgehead atoms. The van der Waals surface area contributed by atoms with Gasteiger partial charge in [-0.15, -0.1) is 11.3 Å². The van der Waals surface area contributed by atoms with Gasteiger partial charge in [-0.05, 0) is 49.7 Å². The first-order chi connectivity index (χ1) is 15.4. The number of amides is 2. The van der Waals surface area contributed by atoms with Crippen molar-refractivity contribution in [1.82, 2.24) is 14.7 Å². The number of hydrogen-bond donors (Lipinski definition) is 2. The summed E-state index contributed by atoms with van der Waals surface area (Å²) in [4.78, 5) is 30.7. The first kappa shape index (κ1) is 21.7. The molecular formula is C24H23FN4O2S. The number of carbonyl (C=O) groups excluding carboxylic acids is 2. The zero-order valence-electron chi connectivity index (χ0n) is 17.8. The fraction of sp³-hybridized carbons (Fsp3) is 0.208. The number of anilines is 1. The average molecular weight is 451 g/mol. The molecule has 2 N–H and O–H groups in total. The second-order valence-electron chi connectivity index (χ2n) is 7.57. The molecule has 4 aromatic rings. The van der Waals surface area contributed by atoms with Crippen molar-refractivity contribution in [3.63, 3.8) is 0 Å². The van der Waals surface area contributed by atoms with Gasteiger partial charge in [0.2, 0.25) is 5.91 Å². The third-order valence-electron chi connectivity index (χ3n) is 5.20. The number of thiazole rings is 1. The minimum absolute atomic E-state index is 0.0434. The highest BCUT2D eigenvalue weighted by Gasteiger charge is 2.17. The van der Waals surface area contributed by atoms with Crippen molar-refractivity contribution in [3.05, 3.63) is 77.2 Å². The lowest BCUT2D eigenvalue weighted by atomic mass is 10.1. The maximum absolute atomic E-state index is 13.2. The highest BCUT2D eigenvalue weighted by atomic mass is 32.1. The van der Waals surface area contributed by atoms with E-state index in [2.05, 4.69) is 15.6 Å². The van der Waals surface area contributed by atoms with E-state index in [9.17, 15) is 14.0 Å². The number of nitrogens with one attached hydrogen (secondary N) is 2. The van der Waals surface area contributed by atoms with Crippen LogP contribution >= 0.6 is 11.3 Å². The Morgan fingerprint density at radius 3 is 2.66 bits per heavy atom. The highest BCUT2D eigenvalue weighted by molar-refractivity contribution is 7.15. The van der Waals surface area contributed by atoms with Crippen LogP contribution in [0.1, 0.15) is 36.3 Å². The van der Waals surface area contributed by atoms with E-state index in [-0.39, 0.29) is 30.1 Å². The summed E-state index contributed by atoms with van der Waals surface area (Å²) in [6.45, 7) is 3.93. The van der Waals surface area contributed by atoms with E-state index in [1.807, 2.05) is 29.8 Å². The number of nitrogens with zero attached hydrogens (tertiary/aromatic N) is 2. The smallest absolute Gasteiger partial charge is 0.253 e. The predicted octanol–water partition coefficient (Wildman–Crippen LogP) is 4.91. The second-order valence-corrected chi connectivity index (χ2v) is 8.40. The first-order valence-corrected chi connectivity index (χ1v) is 11.2. The summed E-state index contributed by atoms with van der Waals surface area (Å²) < 4.78 is 15.1. The van der Waals surface area contributed by atoms with Crippen LogP contribution in [0.5, 0.6) is 0 Å². The molecule has 0 saturated carbocycles. The van der Waals surface area contributed by atoms with E-state index in [1.54, 1.807) is 36.4 Å². The first-order valence-electron chi connectivity index (χ1n) is 10.4. The summed E-state index contributed by atoms with van der Waals surface area (Å²) in [6.07, 6.45) is 2.79. The Balaban J connectivity index is 1.50. The van der Waals surface area contributed by atoms with Gasteiger partial charge in [-0.1, -0.05) is 19.1 Å². The summed E-state index contributed by atoms with van der Waals surface area (Å²) in [5, 5.41) is 7.67. The van der Waals surface area contributed by atoms with Crippen LogP contribution in [0.2, 0.25) is 0 Å². The number of carbonyl (C=O) groups is 2. The summed E-state index contributed by atoms with van der Waals surface area (Å²) in [7, 11) is 0. The van der Waals surface area contributed by atoms with Crippen molar-refractivity contribution in [2.24, 2.45) is 0 Å². The monoisotopic (exact) mass is 450 g/mol. The van der Waals surface area contributed by atoms with Gasteiger partial charge < -0.3 is 10.6 Å². The van der Waals surface area contributed by atoms with Gasteiger partial charge in [-0.25, -0.2) is 9.37 Å². The van der Waals surface area contributed by atoms with E-state index >= 15 is 0 Å². The molecule has 2 heterocycles. The topological polar surface area (TPSA) is 75.5 Å². The fourth-order valence-corrected chi connectivity index (χ4v) is 4.14. The third kappa shape index (κ3) is 4.70. The van der Waals surface area contributed by atoms with Crippen LogP contribution in [-0.2, 0) is 11.2 Å². The van der Waals surface area contributed by atoms with Crippen molar-refractivity contribution in [1.29, 1.82) is 0 Å². The number of fused-ring (bicyclic) bond motifs is 1. The van der Waals surface area contributed by atoms with E-state index in [4.69, 9.17) is 0 Å². The molecule has 6 nitrogen and oxygen atoms in total. The minimum atomic E-state index is -0.301. The molecule has 0 aliphatic rings. The molecule has 0 fully saturated rings. The van der Waals surface area contributed by atoms with Crippen molar-refractivity contribution in [2.45, 2.75) is 32.7 Å². The lowest BCUT2D eigenvalue weighted by molar-refractivity contribution is -0.115. The van der Waals surface area contributed by atoms with Crippen LogP contribution < -0.4 is 10.6 Å². The maximum atomic E-state index is 13.2. The van der Waals surface area contributed by atoms with Gasteiger partial charge in [0.05, 0.1) is 23.4 Å². The standard InChI is InChI=1S/C24H23FN4O2S/c1-3-15(2)26-23(31)19-6-4-5-7-20(19)27-22(30)12-18-14-32-24-28-21(13-29(18)24)16-8-10-17(25)11-9-16/h4-11,13-15H,3,12H2,1-2H3,(H,26,31)(H,27,30). The molecule has 2 amide bonds. The SMILES string of the molecule is CCC(C)NC(=O)c1ccccc1NC(=O)Cc1csc2nc(-c3ccc(F)cc3)cn12. The fourth-order valence-electron chi connectivity index (χ4n) is 3.27. The summed E-state index contributed by atoms with van der Waals surface area (Å²) in [5.74, 6) is -0.748. The minimum Gasteiger partial charge on any atom is -0.350 e. The van der Waals surface area contributed by atoms with Gasteiger partial charge in [0.25, 0.3) is 5.91 Å². The third-order valence-corrected chi connectivity index (χ3v) is 6.09. The van der Waals surface area contributed by atoms with Crippen LogP contribution in [0, 0.1) is 5.82 Å². The molecule has 0 radical (unpaired) electrons. The summed E-state index contributed by atoms with van der Waals surface area (Å²) in [5.41, 5.74) is 3.20. The molecule has 0 aliphatic heterocycles. The Bertz CT molecular complexity index is 1260. The molecule has 8 heteroatoms. The van der Waals surface area contributed by atoms with E-state index in [0.29, 0.717) is 16.9 Å². The van der Waals surface area contributed by atoms with E-state index in [0.717, 1.165) is 22.6 Å². The molecule has 0 aliphatic carbocycles. The van der Waals surface area contributed by atoms with Crippen LogP contribution in [0.15, 0.2) is 60.1 Å². The molecule has 1 unspecified atom stereocenters. The Morgan fingerprint density at radius 1 is 1.16 bits per heavy atom. The normalized spacial score (nSPS) is 12.0. The van der Waals surface area contributed by atoms with Gasteiger partial charge in [0.1, 0.15) is 5.82 Å². The summed E-state index contributed by atoms with van der Waals surface area (Å²) >= 11 is 1.43. The van der Waals surface area contributed by atoms with Crippen LogP contribution in [-0.4, -0.2) is 27.2 Å². The van der Waals surface area contributed by atoms with Gasteiger partial charge in [0, 0.05) is 28.9 Å². The Labute approximate surface area is 189 Å². The predicted molar refractivity (Wildman–Crippen MR) is 124 cm³/mol. The van der Waals surface area contributed by atoms with Crippen LogP contribution in [0.25, 0.3) is 16.2 Å². The van der Waals surface area contributed by atoms with Crippen molar-refractivity contribution >= 4 is 33.8 Å². The molecule has 2 aromatic carbocycles. The molecular weight excluding hydrogens is 427 g/mol. The largest absolute Gasteiger partial charge is 0.350 e. The number of halogens is 1. The number of aromatic nitrogens is 2. The molecule has 0 spiro atoms. The quantitative estimate of drug-likeness (QED) is 0.420. The van der Waals surface area contributed by atoms with Crippen molar-refractivity contribution in [3.8, 4) is 11.3 Å². The van der Waals surface area contributed by atoms with Crippen molar-refractivity contribution in [2.75, 3.05) is 5.32 Å². The van der Waals surface area contributed by atoms with Crippen LogP contribution in [0.4, 0.5) is 10.1 Å². The van der Waals surface area contributed by atoms with Gasteiger partial charge >= 0.3 is 0 Å². The number of benzene rings is 2. The second kappa shape index (κ2) is 9.32. The number of rotatable bonds is 7. The summed E-state index contributed by atoms with van der Waals surface area (Å²) in [6, 6.07) is 13.2. The van der Waals surface area contributed by atoms with E-state index in [1.165, 1.54) is 23.5 Å². The molecule has 32 heavy (non-hydrogen) atoms. The lowest BCUT2D eigenvalue weighted by Crippen LogP contribution is -2.32. The molecule has 164 valence electrons. The Morgan fingerprint density at radius 2 is 1.91 bits per heavy atom. The van der Waals surface area contributed by atoms with E-state index < -0.39 is 0 Å². The van der Waals surface area contributed by atoms with Gasteiger partial charge in [-0.2, -0.15) is 0 Å². The van der Waals surface area contributed by atoms with Crippen LogP contribution in [0.3, 0.4) is 0 Å². The van der Waals surface area contributed by atoms with Gasteiger partial charge in [-0.3, -0.25) is 14.0 Å². The zero-order chi connectivity index (χ0) is 22.7. The number of imidazole rings is 1. The Hall–Kier alpha value is -3.52. The Kier molecular flexibility index (Phi) is 6.32. The zero-order valence-corrected chi connectivity index (χ0v) is 18.6. The van der Waals surface area contributed by atoms with Gasteiger partial charge in [0.15, 0.2) is 4.96 Å². The number of hydrogen-bond acceptors (Lipinski definition) is 4. The van der Waals surface area contributed by atoms with Crippen molar-refractivity contribution < 1.29 is 14.0 Å². The molecule has 0 saturated heterocycles. The maximum Gasteiger partial charge on any atom is 0.253 e. The highest BCUT2D eigenvalue weighted by Crippen LogP contribution is 2.24. The number of para-hydroxylation sites is 1. The molecule has 4 rings (SSSR count). The average Bonchev–Trinajstić information content (AvgIpc) is 3.36.